The Morgan fingerprint density at radius 3 is 1.96 bits per heavy atom. The topological polar surface area (TPSA) is 55.1 Å². The lowest BCUT2D eigenvalue weighted by atomic mass is 10.1. The molecule has 3 heteroatoms. The van der Waals surface area contributed by atoms with Crippen molar-refractivity contribution in [3.8, 4) is 0 Å². The number of nitrogens with one attached hydrogen (secondary N) is 1. The Morgan fingerprint density at radius 1 is 0.880 bits per heavy atom. The molecule has 1 unspecified atom stereocenters. The lowest BCUT2D eigenvalue weighted by molar-refractivity contribution is -0.121. The molecule has 0 saturated heterocycles. The first-order valence-corrected chi connectivity index (χ1v) is 10.8. The largest absolute Gasteiger partial charge is 0.356 e. The van der Waals surface area contributed by atoms with Crippen molar-refractivity contribution < 1.29 is 4.79 Å². The molecule has 0 aromatic heterocycles. The zero-order chi connectivity index (χ0) is 18.6. The number of allylic oxidation sites excluding steroid dienone is 2. The van der Waals surface area contributed by atoms with Crippen LogP contribution in [0.5, 0.6) is 0 Å². The molecule has 0 aromatic rings. The van der Waals surface area contributed by atoms with Crippen LogP contribution in [0.1, 0.15) is 104 Å². The summed E-state index contributed by atoms with van der Waals surface area (Å²) in [6.45, 7) is 5.67. The molecular weight excluding hydrogens is 308 g/mol. The third-order valence-corrected chi connectivity index (χ3v) is 4.72. The first-order valence-electron chi connectivity index (χ1n) is 10.8. The van der Waals surface area contributed by atoms with Crippen molar-refractivity contribution in [1.82, 2.24) is 5.32 Å². The van der Waals surface area contributed by atoms with Gasteiger partial charge in [-0.25, -0.2) is 0 Å². The summed E-state index contributed by atoms with van der Waals surface area (Å²) >= 11 is 0. The van der Waals surface area contributed by atoms with Crippen LogP contribution in [-0.4, -0.2) is 19.0 Å². The minimum atomic E-state index is 0.179. The van der Waals surface area contributed by atoms with Gasteiger partial charge in [-0.1, -0.05) is 77.4 Å². The predicted octanol–water partition coefficient (Wildman–Crippen LogP) is 5.73. The Labute approximate surface area is 157 Å². The van der Waals surface area contributed by atoms with Gasteiger partial charge in [0.05, 0.1) is 0 Å². The molecule has 3 N–H and O–H groups in total. The van der Waals surface area contributed by atoms with Crippen LogP contribution in [0.2, 0.25) is 0 Å². The molecule has 25 heavy (non-hydrogen) atoms. The van der Waals surface area contributed by atoms with E-state index in [1.165, 1.54) is 77.0 Å². The number of amides is 1. The molecule has 0 saturated carbocycles. The Bertz CT molecular complexity index is 315. The lowest BCUT2D eigenvalue weighted by Crippen LogP contribution is -2.31. The minimum Gasteiger partial charge on any atom is -0.356 e. The van der Waals surface area contributed by atoms with Gasteiger partial charge in [0.25, 0.3) is 0 Å². The molecule has 0 aliphatic rings. The predicted molar refractivity (Wildman–Crippen MR) is 111 cm³/mol. The highest BCUT2D eigenvalue weighted by Crippen LogP contribution is 2.09. The van der Waals surface area contributed by atoms with Crippen LogP contribution in [-0.2, 0) is 4.79 Å². The number of unbranched alkanes of at least 4 members (excludes halogenated alkanes) is 11. The normalized spacial score (nSPS) is 12.6. The van der Waals surface area contributed by atoms with Gasteiger partial charge in [0.15, 0.2) is 0 Å². The fourth-order valence-corrected chi connectivity index (χ4v) is 2.82. The van der Waals surface area contributed by atoms with E-state index in [4.69, 9.17) is 5.73 Å². The van der Waals surface area contributed by atoms with E-state index in [-0.39, 0.29) is 5.91 Å². The molecule has 0 aromatic carbocycles. The SMILES string of the molecule is CCCCCCCCC=CCCCCCCCC(=O)NCC(C)CN. The van der Waals surface area contributed by atoms with Crippen LogP contribution in [0.25, 0.3) is 0 Å². The summed E-state index contributed by atoms with van der Waals surface area (Å²) in [6, 6.07) is 0. The molecule has 1 atom stereocenters. The third kappa shape index (κ3) is 19.3. The standard InChI is InChI=1S/C22H44N2O/c1-3-4-5-6-7-8-9-10-11-12-13-14-15-16-17-18-22(25)24-20-21(2)19-23/h10-11,21H,3-9,12-20,23H2,1-2H3,(H,24,25). The van der Waals surface area contributed by atoms with Crippen molar-refractivity contribution in [3.63, 3.8) is 0 Å². The summed E-state index contributed by atoms with van der Waals surface area (Å²) in [5.41, 5.74) is 5.54. The average molecular weight is 353 g/mol. The van der Waals surface area contributed by atoms with E-state index in [1.807, 2.05) is 0 Å². The van der Waals surface area contributed by atoms with E-state index in [0.29, 0.717) is 25.4 Å². The lowest BCUT2D eigenvalue weighted by Gasteiger charge is -2.09. The maximum Gasteiger partial charge on any atom is 0.220 e. The highest BCUT2D eigenvalue weighted by molar-refractivity contribution is 5.75. The highest BCUT2D eigenvalue weighted by Gasteiger charge is 2.03. The summed E-state index contributed by atoms with van der Waals surface area (Å²) in [4.78, 5) is 11.6. The van der Waals surface area contributed by atoms with Crippen molar-refractivity contribution in [3.05, 3.63) is 12.2 Å². The third-order valence-electron chi connectivity index (χ3n) is 4.72. The highest BCUT2D eigenvalue weighted by atomic mass is 16.1. The molecule has 0 bridgehead atoms. The van der Waals surface area contributed by atoms with Crippen LogP contribution in [0.3, 0.4) is 0 Å². The van der Waals surface area contributed by atoms with Crippen molar-refractivity contribution in [2.24, 2.45) is 11.7 Å². The number of nitrogens with two attached hydrogens (primary N) is 1. The Morgan fingerprint density at radius 2 is 1.40 bits per heavy atom. The van der Waals surface area contributed by atoms with Gasteiger partial charge < -0.3 is 11.1 Å². The molecule has 0 rings (SSSR count). The second-order valence-corrected chi connectivity index (χ2v) is 7.48. The second-order valence-electron chi connectivity index (χ2n) is 7.48. The number of hydrogen-bond donors (Lipinski definition) is 2. The van der Waals surface area contributed by atoms with E-state index in [2.05, 4.69) is 31.3 Å². The number of rotatable bonds is 18. The maximum atomic E-state index is 11.6. The molecule has 0 radical (unpaired) electrons. The molecule has 1 amide bonds. The Kier molecular flexibility index (Phi) is 18.8. The fraction of sp³-hybridized carbons (Fsp3) is 0.864. The van der Waals surface area contributed by atoms with Crippen molar-refractivity contribution in [1.29, 1.82) is 0 Å². The van der Waals surface area contributed by atoms with Crippen molar-refractivity contribution in [2.75, 3.05) is 13.1 Å². The van der Waals surface area contributed by atoms with Gasteiger partial charge in [-0.3, -0.25) is 4.79 Å². The van der Waals surface area contributed by atoms with Gasteiger partial charge in [-0.2, -0.15) is 0 Å². The summed E-state index contributed by atoms with van der Waals surface area (Å²) in [6.07, 6.45) is 22.2. The van der Waals surface area contributed by atoms with Crippen LogP contribution in [0.4, 0.5) is 0 Å². The van der Waals surface area contributed by atoms with Crippen LogP contribution in [0, 0.1) is 5.92 Å². The average Bonchev–Trinajstić information content (AvgIpc) is 2.62. The molecule has 0 aliphatic carbocycles. The van der Waals surface area contributed by atoms with Gasteiger partial charge in [0.1, 0.15) is 0 Å². The Hall–Kier alpha value is -0.830. The summed E-state index contributed by atoms with van der Waals surface area (Å²) in [7, 11) is 0. The van der Waals surface area contributed by atoms with Crippen LogP contribution in [0.15, 0.2) is 12.2 Å². The molecule has 0 heterocycles. The van der Waals surface area contributed by atoms with Gasteiger partial charge in [-0.05, 0) is 44.6 Å². The van der Waals surface area contributed by atoms with Crippen LogP contribution < -0.4 is 11.1 Å². The number of carbonyl (C=O) groups excluding carboxylic acids is 1. The molecule has 0 fully saturated rings. The Balaban J connectivity index is 3.22. The van der Waals surface area contributed by atoms with Gasteiger partial charge in [0.2, 0.25) is 5.91 Å². The second kappa shape index (κ2) is 19.5. The molecule has 148 valence electrons. The van der Waals surface area contributed by atoms with E-state index >= 15 is 0 Å². The monoisotopic (exact) mass is 352 g/mol. The van der Waals surface area contributed by atoms with Crippen LogP contribution >= 0.6 is 0 Å². The zero-order valence-corrected chi connectivity index (χ0v) is 17.0. The smallest absolute Gasteiger partial charge is 0.220 e. The summed E-state index contributed by atoms with van der Waals surface area (Å²) in [5.74, 6) is 0.552. The van der Waals surface area contributed by atoms with E-state index < -0.39 is 0 Å². The van der Waals surface area contributed by atoms with E-state index in [0.717, 1.165) is 6.42 Å². The molecule has 3 nitrogen and oxygen atoms in total. The summed E-state index contributed by atoms with van der Waals surface area (Å²) in [5, 5.41) is 2.95. The zero-order valence-electron chi connectivity index (χ0n) is 17.0. The minimum absolute atomic E-state index is 0.179. The van der Waals surface area contributed by atoms with Gasteiger partial charge in [-0.15, -0.1) is 0 Å². The number of carbonyl (C=O) groups is 1. The van der Waals surface area contributed by atoms with E-state index in [9.17, 15) is 4.79 Å². The van der Waals surface area contributed by atoms with E-state index in [1.54, 1.807) is 0 Å². The van der Waals surface area contributed by atoms with Crippen molar-refractivity contribution in [2.45, 2.75) is 104 Å². The fourth-order valence-electron chi connectivity index (χ4n) is 2.82. The molecule has 0 aliphatic heterocycles. The molecule has 0 spiro atoms. The summed E-state index contributed by atoms with van der Waals surface area (Å²) < 4.78 is 0. The number of hydrogen-bond acceptors (Lipinski definition) is 2. The van der Waals surface area contributed by atoms with Gasteiger partial charge >= 0.3 is 0 Å². The first-order chi connectivity index (χ1) is 12.2. The quantitative estimate of drug-likeness (QED) is 0.244. The van der Waals surface area contributed by atoms with Gasteiger partial charge in [0, 0.05) is 13.0 Å². The molecular formula is C22H44N2O. The first kappa shape index (κ1) is 24.2. The van der Waals surface area contributed by atoms with Crippen molar-refractivity contribution >= 4 is 5.91 Å². The maximum absolute atomic E-state index is 11.6.